The monoisotopic (exact) mass is 557 g/mol. The lowest BCUT2D eigenvalue weighted by Crippen LogP contribution is -2.32. The van der Waals surface area contributed by atoms with Crippen LogP contribution in [0.3, 0.4) is 0 Å². The van der Waals surface area contributed by atoms with Gasteiger partial charge in [-0.2, -0.15) is 0 Å². The summed E-state index contributed by atoms with van der Waals surface area (Å²) in [5.74, 6) is 2.14. The van der Waals surface area contributed by atoms with Crippen molar-refractivity contribution >= 4 is 11.8 Å². The molecule has 8 nitrogen and oxygen atoms in total. The van der Waals surface area contributed by atoms with Crippen LogP contribution in [0, 0.1) is 6.92 Å². The fourth-order valence-corrected chi connectivity index (χ4v) is 4.71. The average Bonchev–Trinajstić information content (AvgIpc) is 3.64. The summed E-state index contributed by atoms with van der Waals surface area (Å²) in [6.45, 7) is 6.21. The van der Waals surface area contributed by atoms with E-state index in [2.05, 4.69) is 11.5 Å². The zero-order chi connectivity index (χ0) is 29.4. The topological polar surface area (TPSA) is 77.2 Å². The fourth-order valence-electron chi connectivity index (χ4n) is 4.71. The summed E-state index contributed by atoms with van der Waals surface area (Å²) in [7, 11) is 4.98. The number of carbonyl (C=O) groups excluding carboxylic acids is 2. The molecule has 0 bridgehead atoms. The molecule has 0 aliphatic rings. The van der Waals surface area contributed by atoms with Crippen molar-refractivity contribution in [1.29, 1.82) is 0 Å². The molecule has 2 amide bonds. The summed E-state index contributed by atoms with van der Waals surface area (Å²) in [5.41, 5.74) is 3.85. The minimum atomic E-state index is -0.178. The minimum absolute atomic E-state index is 0.0154. The van der Waals surface area contributed by atoms with Crippen LogP contribution in [0.2, 0.25) is 0 Å². The lowest BCUT2D eigenvalue weighted by Gasteiger charge is -2.23. The van der Waals surface area contributed by atoms with Crippen LogP contribution in [0.25, 0.3) is 0 Å². The van der Waals surface area contributed by atoms with Gasteiger partial charge in [-0.15, -0.1) is 0 Å². The Balaban J connectivity index is 1.38. The molecular formula is C33H39N3O5. The molecule has 0 aliphatic heterocycles. The zero-order valence-corrected chi connectivity index (χ0v) is 24.6. The second kappa shape index (κ2) is 13.7. The zero-order valence-electron chi connectivity index (χ0n) is 24.6. The van der Waals surface area contributed by atoms with E-state index in [1.807, 2.05) is 78.7 Å². The Morgan fingerprint density at radius 2 is 1.66 bits per heavy atom. The number of nitrogens with zero attached hydrogens (tertiary/aromatic N) is 3. The maximum absolute atomic E-state index is 13.2. The van der Waals surface area contributed by atoms with Crippen LogP contribution < -0.4 is 9.47 Å². The molecule has 0 saturated heterocycles. The number of aromatic nitrogens is 1. The number of carbonyl (C=O) groups is 2. The van der Waals surface area contributed by atoms with Crippen molar-refractivity contribution in [2.24, 2.45) is 0 Å². The highest BCUT2D eigenvalue weighted by Crippen LogP contribution is 2.27. The molecular weight excluding hydrogens is 518 g/mol. The predicted octanol–water partition coefficient (Wildman–Crippen LogP) is 5.82. The summed E-state index contributed by atoms with van der Waals surface area (Å²) in [6, 6.07) is 21.0. The van der Waals surface area contributed by atoms with Gasteiger partial charge in [-0.05, 0) is 73.9 Å². The molecule has 216 valence electrons. The van der Waals surface area contributed by atoms with E-state index in [0.717, 1.165) is 23.2 Å². The number of aryl methyl sites for hydroxylation is 1. The average molecular weight is 558 g/mol. The number of amides is 2. The van der Waals surface area contributed by atoms with E-state index in [9.17, 15) is 9.59 Å². The highest BCUT2D eigenvalue weighted by molar-refractivity contribution is 5.94. The van der Waals surface area contributed by atoms with Gasteiger partial charge in [0.05, 0.1) is 27.3 Å². The highest BCUT2D eigenvalue weighted by atomic mass is 16.5. The molecule has 4 rings (SSSR count). The van der Waals surface area contributed by atoms with E-state index < -0.39 is 0 Å². The molecule has 0 N–H and O–H groups in total. The molecule has 4 aromatic rings. The van der Waals surface area contributed by atoms with E-state index in [4.69, 9.17) is 13.9 Å². The van der Waals surface area contributed by atoms with Gasteiger partial charge in [-0.25, -0.2) is 0 Å². The second-order valence-corrected chi connectivity index (χ2v) is 10.2. The summed E-state index contributed by atoms with van der Waals surface area (Å²) in [4.78, 5) is 29.8. The predicted molar refractivity (Wildman–Crippen MR) is 159 cm³/mol. The first kappa shape index (κ1) is 29.5. The molecule has 2 aromatic carbocycles. The molecule has 2 heterocycles. The van der Waals surface area contributed by atoms with Gasteiger partial charge in [0.25, 0.3) is 11.8 Å². The number of furan rings is 1. The van der Waals surface area contributed by atoms with Gasteiger partial charge in [0, 0.05) is 37.6 Å². The lowest BCUT2D eigenvalue weighted by molar-refractivity contribution is 0.0736. The van der Waals surface area contributed by atoms with Crippen LogP contribution in [0.5, 0.6) is 11.5 Å². The first-order valence-electron chi connectivity index (χ1n) is 13.9. The van der Waals surface area contributed by atoms with E-state index in [0.29, 0.717) is 61.2 Å². The van der Waals surface area contributed by atoms with E-state index in [1.54, 1.807) is 32.2 Å². The maximum Gasteiger partial charge on any atom is 0.289 e. The Morgan fingerprint density at radius 3 is 2.37 bits per heavy atom. The third kappa shape index (κ3) is 7.39. The Bertz CT molecular complexity index is 1450. The van der Waals surface area contributed by atoms with Gasteiger partial charge in [0.15, 0.2) is 17.3 Å². The lowest BCUT2D eigenvalue weighted by atomic mass is 10.1. The van der Waals surface area contributed by atoms with Crippen molar-refractivity contribution in [2.75, 3.05) is 34.4 Å². The smallest absolute Gasteiger partial charge is 0.289 e. The molecule has 8 heteroatoms. The molecule has 0 fully saturated rings. The number of hydrogen-bond donors (Lipinski definition) is 0. The Morgan fingerprint density at radius 1 is 0.902 bits per heavy atom. The normalized spacial score (nSPS) is 10.9. The van der Waals surface area contributed by atoms with E-state index in [1.165, 1.54) is 0 Å². The van der Waals surface area contributed by atoms with Crippen LogP contribution in [0.15, 0.2) is 77.3 Å². The fraction of sp³-hybridized carbons (Fsp3) is 0.333. The molecule has 0 atom stereocenters. The number of hydrogen-bond acceptors (Lipinski definition) is 5. The van der Waals surface area contributed by atoms with Crippen LogP contribution >= 0.6 is 0 Å². The quantitative estimate of drug-likeness (QED) is 0.207. The van der Waals surface area contributed by atoms with Crippen molar-refractivity contribution in [3.05, 3.63) is 107 Å². The van der Waals surface area contributed by atoms with Crippen molar-refractivity contribution in [1.82, 2.24) is 14.4 Å². The van der Waals surface area contributed by atoms with Crippen molar-refractivity contribution in [3.8, 4) is 11.5 Å². The maximum atomic E-state index is 13.2. The van der Waals surface area contributed by atoms with Gasteiger partial charge < -0.3 is 28.3 Å². The van der Waals surface area contributed by atoms with Crippen molar-refractivity contribution in [3.63, 3.8) is 0 Å². The van der Waals surface area contributed by atoms with Crippen molar-refractivity contribution in [2.45, 2.75) is 39.8 Å². The van der Waals surface area contributed by atoms with E-state index >= 15 is 0 Å². The number of likely N-dealkylation sites (N-methyl/N-ethyl adjacent to an activating group) is 1. The third-order valence-electron chi connectivity index (χ3n) is 7.08. The van der Waals surface area contributed by atoms with Crippen LogP contribution in [0.4, 0.5) is 0 Å². The van der Waals surface area contributed by atoms with Crippen LogP contribution in [-0.2, 0) is 19.5 Å². The first-order chi connectivity index (χ1) is 19.8. The SMILES string of the molecule is CCCN(Cc1cccn1Cc1ccc(C(=O)N(C)CCc2ccc(OC)c(OC)c2)o1)C(=O)c1ccc(C)cc1. The van der Waals surface area contributed by atoms with Crippen LogP contribution in [0.1, 0.15) is 56.8 Å². The van der Waals surface area contributed by atoms with Gasteiger partial charge in [0.1, 0.15) is 5.76 Å². The highest BCUT2D eigenvalue weighted by Gasteiger charge is 2.19. The summed E-state index contributed by atoms with van der Waals surface area (Å²) >= 11 is 0. The summed E-state index contributed by atoms with van der Waals surface area (Å²) in [5, 5.41) is 0. The molecule has 0 spiro atoms. The summed E-state index contributed by atoms with van der Waals surface area (Å²) in [6.07, 6.45) is 3.50. The van der Waals surface area contributed by atoms with Crippen LogP contribution in [-0.4, -0.2) is 60.5 Å². The van der Waals surface area contributed by atoms with Gasteiger partial charge in [-0.3, -0.25) is 9.59 Å². The number of benzene rings is 2. The van der Waals surface area contributed by atoms with Gasteiger partial charge >= 0.3 is 0 Å². The van der Waals surface area contributed by atoms with Gasteiger partial charge in [0.2, 0.25) is 0 Å². The van der Waals surface area contributed by atoms with E-state index in [-0.39, 0.29) is 11.8 Å². The standard InChI is InChI=1S/C33H39N3O5/c1-6-18-36(32(37)26-12-9-24(2)10-13-26)22-27-8-7-19-35(27)23-28-14-16-30(41-28)33(38)34(3)20-17-25-11-15-29(39-4)31(21-25)40-5/h7-16,19,21H,6,17-18,20,22-23H2,1-5H3. The Kier molecular flexibility index (Phi) is 9.90. The molecule has 0 aliphatic carbocycles. The molecule has 2 aromatic heterocycles. The number of methoxy groups -OCH3 is 2. The summed E-state index contributed by atoms with van der Waals surface area (Å²) < 4.78 is 18.7. The Hall–Kier alpha value is -4.46. The molecule has 41 heavy (non-hydrogen) atoms. The third-order valence-corrected chi connectivity index (χ3v) is 7.08. The molecule has 0 saturated carbocycles. The molecule has 0 unspecified atom stereocenters. The molecule has 0 radical (unpaired) electrons. The minimum Gasteiger partial charge on any atom is -0.493 e. The first-order valence-corrected chi connectivity index (χ1v) is 13.9. The Labute approximate surface area is 242 Å². The number of rotatable bonds is 13. The number of ether oxygens (including phenoxy) is 2. The second-order valence-electron chi connectivity index (χ2n) is 10.2. The van der Waals surface area contributed by atoms with Gasteiger partial charge in [-0.1, -0.05) is 30.7 Å². The largest absolute Gasteiger partial charge is 0.493 e. The van der Waals surface area contributed by atoms with Crippen molar-refractivity contribution < 1.29 is 23.5 Å².